The second kappa shape index (κ2) is 2.80. The van der Waals surface area contributed by atoms with Gasteiger partial charge in [0.25, 0.3) is 0 Å². The second-order valence-electron chi connectivity index (χ2n) is 3.22. The largest absolute Gasteiger partial charge is 0.250 e. The van der Waals surface area contributed by atoms with E-state index in [2.05, 4.69) is 4.98 Å². The van der Waals surface area contributed by atoms with Crippen LogP contribution in [-0.4, -0.2) is 4.98 Å². The van der Waals surface area contributed by atoms with Gasteiger partial charge in [0.15, 0.2) is 5.82 Å². The van der Waals surface area contributed by atoms with Crippen LogP contribution in [0.15, 0.2) is 24.3 Å². The maximum atomic E-state index is 13.5. The van der Waals surface area contributed by atoms with Crippen LogP contribution in [0.5, 0.6) is 0 Å². The Morgan fingerprint density at radius 2 is 1.77 bits per heavy atom. The van der Waals surface area contributed by atoms with E-state index in [4.69, 9.17) is 0 Å². The molecule has 1 heterocycles. The molecule has 0 fully saturated rings. The summed E-state index contributed by atoms with van der Waals surface area (Å²) < 4.78 is 13.5. The Bertz CT molecular complexity index is 458. The lowest BCUT2D eigenvalue weighted by Gasteiger charge is -2.02. The zero-order valence-corrected chi connectivity index (χ0v) is 7.63. The SMILES string of the molecule is Cc1ccc2ccc(C)c(F)c2n1. The summed E-state index contributed by atoms with van der Waals surface area (Å²) in [5, 5.41) is 0.855. The van der Waals surface area contributed by atoms with Crippen LogP contribution in [0, 0.1) is 19.7 Å². The van der Waals surface area contributed by atoms with Crippen molar-refractivity contribution in [3.05, 3.63) is 41.3 Å². The van der Waals surface area contributed by atoms with Crippen molar-refractivity contribution in [1.82, 2.24) is 4.98 Å². The third-order valence-electron chi connectivity index (χ3n) is 2.13. The third kappa shape index (κ3) is 1.28. The quantitative estimate of drug-likeness (QED) is 0.599. The van der Waals surface area contributed by atoms with Crippen LogP contribution >= 0.6 is 0 Å². The number of fused-ring (bicyclic) bond motifs is 1. The van der Waals surface area contributed by atoms with Crippen molar-refractivity contribution in [2.45, 2.75) is 13.8 Å². The van der Waals surface area contributed by atoms with Gasteiger partial charge in [-0.25, -0.2) is 4.39 Å². The molecule has 0 aliphatic heterocycles. The lowest BCUT2D eigenvalue weighted by atomic mass is 10.1. The highest BCUT2D eigenvalue weighted by atomic mass is 19.1. The van der Waals surface area contributed by atoms with Crippen molar-refractivity contribution in [3.63, 3.8) is 0 Å². The minimum absolute atomic E-state index is 0.207. The maximum absolute atomic E-state index is 13.5. The van der Waals surface area contributed by atoms with Gasteiger partial charge in [0.05, 0.1) is 0 Å². The first-order valence-electron chi connectivity index (χ1n) is 4.21. The first kappa shape index (κ1) is 8.17. The second-order valence-corrected chi connectivity index (χ2v) is 3.22. The van der Waals surface area contributed by atoms with Gasteiger partial charge in [-0.2, -0.15) is 0 Å². The first-order chi connectivity index (χ1) is 6.18. The fourth-order valence-electron chi connectivity index (χ4n) is 1.35. The zero-order valence-electron chi connectivity index (χ0n) is 7.63. The van der Waals surface area contributed by atoms with Gasteiger partial charge in [-0.3, -0.25) is 4.98 Å². The molecule has 13 heavy (non-hydrogen) atoms. The Morgan fingerprint density at radius 1 is 1.08 bits per heavy atom. The molecule has 0 saturated heterocycles. The molecule has 0 N–H and O–H groups in total. The van der Waals surface area contributed by atoms with Crippen LogP contribution in [-0.2, 0) is 0 Å². The molecule has 0 saturated carbocycles. The molecule has 0 radical (unpaired) electrons. The highest BCUT2D eigenvalue weighted by Crippen LogP contribution is 2.18. The summed E-state index contributed by atoms with van der Waals surface area (Å²) in [6.07, 6.45) is 0. The molecule has 2 heteroatoms. The molecule has 2 rings (SSSR count). The number of hydrogen-bond acceptors (Lipinski definition) is 1. The molecule has 0 aliphatic carbocycles. The Balaban J connectivity index is 2.89. The van der Waals surface area contributed by atoms with Crippen LogP contribution in [0.4, 0.5) is 4.39 Å². The Morgan fingerprint density at radius 3 is 2.54 bits per heavy atom. The number of halogens is 1. The van der Waals surface area contributed by atoms with E-state index >= 15 is 0 Å². The van der Waals surface area contributed by atoms with Gasteiger partial charge in [-0.15, -0.1) is 0 Å². The number of aryl methyl sites for hydroxylation is 2. The molecule has 66 valence electrons. The van der Waals surface area contributed by atoms with Crippen LogP contribution in [0.1, 0.15) is 11.3 Å². The number of pyridine rings is 1. The molecule has 1 nitrogen and oxygen atoms in total. The van der Waals surface area contributed by atoms with Gasteiger partial charge < -0.3 is 0 Å². The summed E-state index contributed by atoms with van der Waals surface area (Å²) in [7, 11) is 0. The van der Waals surface area contributed by atoms with Crippen LogP contribution in [0.3, 0.4) is 0 Å². The molecular weight excluding hydrogens is 165 g/mol. The number of rotatable bonds is 0. The Hall–Kier alpha value is -1.44. The average molecular weight is 175 g/mol. The molecule has 0 bridgehead atoms. The molecule has 0 atom stereocenters. The highest BCUT2D eigenvalue weighted by molar-refractivity contribution is 5.80. The average Bonchev–Trinajstić information content (AvgIpc) is 2.12. The number of hydrogen-bond donors (Lipinski definition) is 0. The zero-order chi connectivity index (χ0) is 9.42. The van der Waals surface area contributed by atoms with E-state index in [0.717, 1.165) is 11.1 Å². The van der Waals surface area contributed by atoms with Crippen LogP contribution in [0.25, 0.3) is 10.9 Å². The lowest BCUT2D eigenvalue weighted by molar-refractivity contribution is 0.627. The summed E-state index contributed by atoms with van der Waals surface area (Å²) in [5.41, 5.74) is 1.96. The molecule has 1 aromatic carbocycles. The molecule has 0 amide bonds. The molecule has 0 spiro atoms. The summed E-state index contributed by atoms with van der Waals surface area (Å²) in [4.78, 5) is 4.16. The number of aromatic nitrogens is 1. The van der Waals surface area contributed by atoms with Gasteiger partial charge in [-0.05, 0) is 25.5 Å². The Labute approximate surface area is 76.2 Å². The highest BCUT2D eigenvalue weighted by Gasteiger charge is 2.04. The van der Waals surface area contributed by atoms with E-state index < -0.39 is 0 Å². The molecule has 0 unspecified atom stereocenters. The van der Waals surface area contributed by atoms with Crippen molar-refractivity contribution < 1.29 is 4.39 Å². The van der Waals surface area contributed by atoms with Crippen molar-refractivity contribution in [2.75, 3.05) is 0 Å². The summed E-state index contributed by atoms with van der Waals surface area (Å²) in [5.74, 6) is -0.207. The van der Waals surface area contributed by atoms with E-state index in [1.165, 1.54) is 0 Å². The maximum Gasteiger partial charge on any atom is 0.152 e. The minimum Gasteiger partial charge on any atom is -0.250 e. The van der Waals surface area contributed by atoms with Gasteiger partial charge in [0.2, 0.25) is 0 Å². The van der Waals surface area contributed by atoms with Crippen molar-refractivity contribution in [3.8, 4) is 0 Å². The topological polar surface area (TPSA) is 12.9 Å². The monoisotopic (exact) mass is 175 g/mol. The van der Waals surface area contributed by atoms with E-state index in [9.17, 15) is 4.39 Å². The van der Waals surface area contributed by atoms with Gasteiger partial charge in [0, 0.05) is 11.1 Å². The molecule has 2 aromatic rings. The lowest BCUT2D eigenvalue weighted by Crippen LogP contribution is -1.89. The first-order valence-corrected chi connectivity index (χ1v) is 4.21. The third-order valence-corrected chi connectivity index (χ3v) is 2.13. The van der Waals surface area contributed by atoms with Crippen molar-refractivity contribution in [1.29, 1.82) is 0 Å². The molecular formula is C11H10FN. The summed E-state index contributed by atoms with van der Waals surface area (Å²) in [6.45, 7) is 3.61. The van der Waals surface area contributed by atoms with E-state index in [-0.39, 0.29) is 5.82 Å². The number of benzene rings is 1. The van der Waals surface area contributed by atoms with Crippen molar-refractivity contribution in [2.24, 2.45) is 0 Å². The van der Waals surface area contributed by atoms with E-state index in [0.29, 0.717) is 11.1 Å². The normalized spacial score (nSPS) is 10.7. The molecule has 1 aromatic heterocycles. The molecule has 0 aliphatic rings. The van der Waals surface area contributed by atoms with Gasteiger partial charge in [0.1, 0.15) is 5.52 Å². The minimum atomic E-state index is -0.207. The van der Waals surface area contributed by atoms with Gasteiger partial charge in [-0.1, -0.05) is 18.2 Å². The van der Waals surface area contributed by atoms with E-state index in [1.54, 1.807) is 13.0 Å². The summed E-state index contributed by atoms with van der Waals surface area (Å²) >= 11 is 0. The van der Waals surface area contributed by atoms with Gasteiger partial charge >= 0.3 is 0 Å². The fraction of sp³-hybridized carbons (Fsp3) is 0.182. The predicted molar refractivity (Wildman–Crippen MR) is 51.2 cm³/mol. The summed E-state index contributed by atoms with van der Waals surface area (Å²) in [6, 6.07) is 7.44. The van der Waals surface area contributed by atoms with Crippen LogP contribution in [0.2, 0.25) is 0 Å². The standard InChI is InChI=1S/C11H10FN/c1-7-3-5-9-6-4-8(2)13-11(9)10(7)12/h3-6H,1-2H3. The van der Waals surface area contributed by atoms with Crippen LogP contribution < -0.4 is 0 Å². The fourth-order valence-corrected chi connectivity index (χ4v) is 1.35. The smallest absolute Gasteiger partial charge is 0.152 e. The number of nitrogens with zero attached hydrogens (tertiary/aromatic N) is 1. The van der Waals surface area contributed by atoms with Crippen molar-refractivity contribution >= 4 is 10.9 Å². The Kier molecular flexibility index (Phi) is 1.76. The van der Waals surface area contributed by atoms with E-state index in [1.807, 2.05) is 25.1 Å². The predicted octanol–water partition coefficient (Wildman–Crippen LogP) is 2.99.